The van der Waals surface area contributed by atoms with Crippen LogP contribution in [-0.2, 0) is 12.7 Å². The number of ether oxygens (including phenoxy) is 2. The number of likely N-dealkylation sites (tertiary alicyclic amines) is 1. The number of halogens is 3. The van der Waals surface area contributed by atoms with E-state index in [4.69, 9.17) is 9.47 Å². The molecule has 28 heavy (non-hydrogen) atoms. The van der Waals surface area contributed by atoms with E-state index in [0.717, 1.165) is 37.0 Å². The fourth-order valence-corrected chi connectivity index (χ4v) is 4.35. The largest absolute Gasteiger partial charge is 0.492 e. The molecule has 1 saturated carbocycles. The number of fused-ring (bicyclic) bond motifs is 2. The molecule has 0 radical (unpaired) electrons. The van der Waals surface area contributed by atoms with Gasteiger partial charge in [-0.05, 0) is 43.4 Å². The fraction of sp³-hybridized carbons (Fsp3) is 0.500. The van der Waals surface area contributed by atoms with Crippen LogP contribution in [0.25, 0.3) is 0 Å². The van der Waals surface area contributed by atoms with E-state index < -0.39 is 11.7 Å². The fourth-order valence-electron chi connectivity index (χ4n) is 4.35. The summed E-state index contributed by atoms with van der Waals surface area (Å²) in [6, 6.07) is 6.05. The van der Waals surface area contributed by atoms with Crippen LogP contribution in [0.5, 0.6) is 11.8 Å². The molecular formula is C20H22F3N3O2. The lowest BCUT2D eigenvalue weighted by Gasteiger charge is -2.35. The van der Waals surface area contributed by atoms with E-state index in [2.05, 4.69) is 14.9 Å². The van der Waals surface area contributed by atoms with Crippen molar-refractivity contribution in [3.8, 4) is 11.8 Å². The minimum absolute atomic E-state index is 0.176. The van der Waals surface area contributed by atoms with E-state index in [0.29, 0.717) is 31.1 Å². The molecule has 1 aromatic carbocycles. The number of nitrogens with zero attached hydrogens (tertiary/aromatic N) is 3. The molecule has 1 aliphatic heterocycles. The third-order valence-electron chi connectivity index (χ3n) is 5.70. The normalized spacial score (nSPS) is 24.5. The Hall–Kier alpha value is -2.35. The number of benzene rings is 1. The molecule has 3 atom stereocenters. The third kappa shape index (κ3) is 3.92. The quantitative estimate of drug-likeness (QED) is 0.744. The predicted molar refractivity (Wildman–Crippen MR) is 96.0 cm³/mol. The summed E-state index contributed by atoms with van der Waals surface area (Å²) in [5, 5.41) is 0. The SMILES string of the molecule is COc1ncc(CN2[C@H]3CC[C@@H](C3)[C@@H]2COc2cccc(C(F)(F)F)c2)cn1. The summed E-state index contributed by atoms with van der Waals surface area (Å²) < 4.78 is 49.5. The highest BCUT2D eigenvalue weighted by molar-refractivity contribution is 5.30. The highest BCUT2D eigenvalue weighted by atomic mass is 19.4. The van der Waals surface area contributed by atoms with Crippen LogP contribution >= 0.6 is 0 Å². The zero-order chi connectivity index (χ0) is 19.7. The number of hydrogen-bond donors (Lipinski definition) is 0. The van der Waals surface area contributed by atoms with Crippen molar-refractivity contribution < 1.29 is 22.6 Å². The molecule has 5 nitrogen and oxygen atoms in total. The zero-order valence-corrected chi connectivity index (χ0v) is 15.5. The topological polar surface area (TPSA) is 47.5 Å². The monoisotopic (exact) mass is 393 g/mol. The van der Waals surface area contributed by atoms with Gasteiger partial charge in [0.1, 0.15) is 12.4 Å². The van der Waals surface area contributed by atoms with Crippen molar-refractivity contribution in [2.75, 3.05) is 13.7 Å². The predicted octanol–water partition coefficient (Wildman–Crippen LogP) is 3.94. The molecule has 1 aromatic heterocycles. The van der Waals surface area contributed by atoms with Crippen LogP contribution in [0.15, 0.2) is 36.7 Å². The van der Waals surface area contributed by atoms with Gasteiger partial charge in [-0.15, -0.1) is 0 Å². The average Bonchev–Trinajstić information content (AvgIpc) is 3.28. The number of piperidine rings is 1. The number of alkyl halides is 3. The van der Waals surface area contributed by atoms with Gasteiger partial charge in [0, 0.05) is 36.6 Å². The molecule has 2 aliphatic rings. The number of methoxy groups -OCH3 is 1. The smallest absolute Gasteiger partial charge is 0.416 e. The third-order valence-corrected chi connectivity index (χ3v) is 5.70. The van der Waals surface area contributed by atoms with Gasteiger partial charge in [0.15, 0.2) is 0 Å². The van der Waals surface area contributed by atoms with Crippen molar-refractivity contribution in [3.05, 3.63) is 47.8 Å². The molecule has 2 bridgehead atoms. The first kappa shape index (κ1) is 19.0. The van der Waals surface area contributed by atoms with Crippen LogP contribution in [0.4, 0.5) is 13.2 Å². The Morgan fingerprint density at radius 2 is 1.96 bits per heavy atom. The van der Waals surface area contributed by atoms with E-state index in [1.54, 1.807) is 18.5 Å². The summed E-state index contributed by atoms with van der Waals surface area (Å²) in [7, 11) is 1.52. The highest BCUT2D eigenvalue weighted by Gasteiger charge is 2.46. The van der Waals surface area contributed by atoms with Crippen molar-refractivity contribution in [3.63, 3.8) is 0 Å². The lowest BCUT2D eigenvalue weighted by atomic mass is 9.99. The molecule has 1 aliphatic carbocycles. The van der Waals surface area contributed by atoms with Gasteiger partial charge in [0.25, 0.3) is 0 Å². The minimum atomic E-state index is -4.37. The van der Waals surface area contributed by atoms with Crippen molar-refractivity contribution in [2.24, 2.45) is 5.92 Å². The maximum atomic E-state index is 12.9. The van der Waals surface area contributed by atoms with Crippen molar-refractivity contribution in [1.29, 1.82) is 0 Å². The summed E-state index contributed by atoms with van der Waals surface area (Å²) in [5.74, 6) is 0.764. The molecule has 2 heterocycles. The summed E-state index contributed by atoms with van der Waals surface area (Å²) in [4.78, 5) is 10.7. The van der Waals surface area contributed by atoms with Gasteiger partial charge in [0.2, 0.25) is 0 Å². The number of aromatic nitrogens is 2. The number of rotatable bonds is 6. The van der Waals surface area contributed by atoms with Crippen molar-refractivity contribution in [1.82, 2.24) is 14.9 Å². The summed E-state index contributed by atoms with van der Waals surface area (Å²) in [6.07, 6.45) is 2.52. The first-order chi connectivity index (χ1) is 13.4. The standard InChI is InChI=1S/C20H22F3N3O2/c1-27-19-24-9-13(10-25-19)11-26-16-6-5-14(7-16)18(26)12-28-17-4-2-3-15(8-17)20(21,22)23/h2-4,8-10,14,16,18H,5-7,11-12H2,1H3/t14-,16-,18-/m0/s1. The molecule has 2 fully saturated rings. The summed E-state index contributed by atoms with van der Waals surface area (Å²) >= 11 is 0. The summed E-state index contributed by atoms with van der Waals surface area (Å²) in [5.41, 5.74) is 0.294. The van der Waals surface area contributed by atoms with Crippen LogP contribution in [0.2, 0.25) is 0 Å². The molecule has 0 amide bonds. The molecule has 0 unspecified atom stereocenters. The summed E-state index contributed by atoms with van der Waals surface area (Å²) in [6.45, 7) is 1.07. The Bertz CT molecular complexity index is 813. The van der Waals surface area contributed by atoms with Gasteiger partial charge in [-0.25, -0.2) is 9.97 Å². The van der Waals surface area contributed by atoms with Crippen molar-refractivity contribution >= 4 is 0 Å². The van der Waals surface area contributed by atoms with Crippen LogP contribution in [0.1, 0.15) is 30.4 Å². The molecule has 2 aromatic rings. The molecule has 0 N–H and O–H groups in total. The molecule has 8 heteroatoms. The Morgan fingerprint density at radius 1 is 1.18 bits per heavy atom. The van der Waals surface area contributed by atoms with Crippen LogP contribution in [-0.4, -0.2) is 40.7 Å². The lowest BCUT2D eigenvalue weighted by molar-refractivity contribution is -0.137. The van der Waals surface area contributed by atoms with E-state index >= 15 is 0 Å². The first-order valence-electron chi connectivity index (χ1n) is 9.35. The maximum absolute atomic E-state index is 12.9. The second-order valence-electron chi connectivity index (χ2n) is 7.38. The van der Waals surface area contributed by atoms with E-state index in [9.17, 15) is 13.2 Å². The Kier molecular flexibility index (Phi) is 5.14. The second kappa shape index (κ2) is 7.58. The highest BCUT2D eigenvalue weighted by Crippen LogP contribution is 2.43. The average molecular weight is 393 g/mol. The maximum Gasteiger partial charge on any atom is 0.416 e. The van der Waals surface area contributed by atoms with Crippen LogP contribution in [0.3, 0.4) is 0 Å². The van der Waals surface area contributed by atoms with E-state index in [1.165, 1.54) is 13.2 Å². The Morgan fingerprint density at radius 3 is 2.68 bits per heavy atom. The molecule has 150 valence electrons. The zero-order valence-electron chi connectivity index (χ0n) is 15.5. The van der Waals surface area contributed by atoms with Gasteiger partial charge in [-0.2, -0.15) is 13.2 Å². The van der Waals surface area contributed by atoms with Gasteiger partial charge in [-0.1, -0.05) is 6.07 Å². The van der Waals surface area contributed by atoms with Gasteiger partial charge < -0.3 is 9.47 Å². The van der Waals surface area contributed by atoms with E-state index in [1.807, 2.05) is 0 Å². The number of hydrogen-bond acceptors (Lipinski definition) is 5. The van der Waals surface area contributed by atoms with E-state index in [-0.39, 0.29) is 11.8 Å². The lowest BCUT2D eigenvalue weighted by Crippen LogP contribution is -2.43. The molecule has 1 saturated heterocycles. The Balaban J connectivity index is 1.44. The van der Waals surface area contributed by atoms with Crippen molar-refractivity contribution in [2.45, 2.75) is 44.1 Å². The molecule has 0 spiro atoms. The minimum Gasteiger partial charge on any atom is -0.492 e. The second-order valence-corrected chi connectivity index (χ2v) is 7.38. The Labute approximate surface area is 161 Å². The molecular weight excluding hydrogens is 371 g/mol. The van der Waals surface area contributed by atoms with Gasteiger partial charge >= 0.3 is 12.2 Å². The first-order valence-corrected chi connectivity index (χ1v) is 9.35. The van der Waals surface area contributed by atoms with Crippen LogP contribution in [0, 0.1) is 5.92 Å². The molecule has 4 rings (SSSR count). The van der Waals surface area contributed by atoms with Gasteiger partial charge in [-0.3, -0.25) is 4.90 Å². The van der Waals surface area contributed by atoms with Crippen LogP contribution < -0.4 is 9.47 Å². The van der Waals surface area contributed by atoms with Gasteiger partial charge in [0.05, 0.1) is 12.7 Å².